The van der Waals surface area contributed by atoms with Crippen molar-refractivity contribution in [2.75, 3.05) is 5.32 Å². The number of hydrogen-bond acceptors (Lipinski definition) is 5. The highest BCUT2D eigenvalue weighted by Gasteiger charge is 2.11. The largest absolute Gasteiger partial charge is 0.325 e. The lowest BCUT2D eigenvalue weighted by Gasteiger charge is -2.12. The van der Waals surface area contributed by atoms with Gasteiger partial charge in [-0.3, -0.25) is 14.0 Å². The Morgan fingerprint density at radius 2 is 2.17 bits per heavy atom. The van der Waals surface area contributed by atoms with Gasteiger partial charge in [-0.25, -0.2) is 4.98 Å². The highest BCUT2D eigenvalue weighted by atomic mass is 32.2. The van der Waals surface area contributed by atoms with Crippen molar-refractivity contribution in [3.63, 3.8) is 0 Å². The molecule has 0 saturated carbocycles. The van der Waals surface area contributed by atoms with Gasteiger partial charge in [-0.15, -0.1) is 23.1 Å². The van der Waals surface area contributed by atoms with Gasteiger partial charge in [0.2, 0.25) is 5.91 Å². The summed E-state index contributed by atoms with van der Waals surface area (Å²) in [6, 6.07) is 9.22. The van der Waals surface area contributed by atoms with Gasteiger partial charge in [-0.05, 0) is 12.1 Å². The molecule has 0 radical (unpaired) electrons. The number of amides is 1. The van der Waals surface area contributed by atoms with Gasteiger partial charge in [0.05, 0.1) is 11.4 Å². The number of benzene rings is 1. The molecule has 0 aliphatic heterocycles. The fourth-order valence-corrected chi connectivity index (χ4v) is 3.73. The quantitative estimate of drug-likeness (QED) is 0.707. The molecule has 3 aromatic rings. The van der Waals surface area contributed by atoms with Gasteiger partial charge < -0.3 is 5.32 Å². The smallest absolute Gasteiger partial charge is 0.258 e. The van der Waals surface area contributed by atoms with Crippen LogP contribution < -0.4 is 10.9 Å². The van der Waals surface area contributed by atoms with Crippen LogP contribution in [-0.4, -0.2) is 15.3 Å². The fraction of sp³-hybridized carbons (Fsp3) is 0.235. The van der Waals surface area contributed by atoms with Crippen molar-refractivity contribution in [3.05, 3.63) is 58.0 Å². The molecular formula is C17H17N3O2S2. The second kappa shape index (κ2) is 7.19. The molecule has 5 nitrogen and oxygen atoms in total. The first kappa shape index (κ1) is 16.7. The van der Waals surface area contributed by atoms with Crippen LogP contribution in [-0.2, 0) is 10.5 Å². The molecule has 0 aliphatic carbocycles. The normalized spacial score (nSPS) is 11.1. The van der Waals surface area contributed by atoms with E-state index in [9.17, 15) is 9.59 Å². The summed E-state index contributed by atoms with van der Waals surface area (Å²) in [5, 5.41) is 4.78. The minimum Gasteiger partial charge on any atom is -0.325 e. The molecule has 124 valence electrons. The fourth-order valence-electron chi connectivity index (χ4n) is 2.09. The number of nitrogens with one attached hydrogen (secondary N) is 1. The van der Waals surface area contributed by atoms with Crippen LogP contribution in [0, 0.1) is 5.92 Å². The van der Waals surface area contributed by atoms with Crippen molar-refractivity contribution in [3.8, 4) is 0 Å². The Bertz CT molecular complexity index is 931. The van der Waals surface area contributed by atoms with Crippen molar-refractivity contribution in [2.45, 2.75) is 24.5 Å². The lowest BCUT2D eigenvalue weighted by Crippen LogP contribution is -2.18. The van der Waals surface area contributed by atoms with Crippen LogP contribution in [0.1, 0.15) is 19.5 Å². The van der Waals surface area contributed by atoms with Crippen LogP contribution in [0.4, 0.5) is 5.69 Å². The topological polar surface area (TPSA) is 63.5 Å². The van der Waals surface area contributed by atoms with E-state index < -0.39 is 0 Å². The Balaban J connectivity index is 1.78. The number of rotatable bonds is 5. The predicted molar refractivity (Wildman–Crippen MR) is 98.8 cm³/mol. The SMILES string of the molecule is CC(C)C(=O)Nc1ccccc1SCc1cc(=O)n2ccsc2n1. The van der Waals surface area contributed by atoms with Crippen LogP contribution in [0.2, 0.25) is 0 Å². The highest BCUT2D eigenvalue weighted by molar-refractivity contribution is 7.98. The molecule has 0 fully saturated rings. The third-order valence-corrected chi connectivity index (χ3v) is 5.26. The maximum Gasteiger partial charge on any atom is 0.258 e. The third kappa shape index (κ3) is 3.68. The van der Waals surface area contributed by atoms with E-state index >= 15 is 0 Å². The summed E-state index contributed by atoms with van der Waals surface area (Å²) < 4.78 is 1.54. The van der Waals surface area contributed by atoms with Crippen molar-refractivity contribution in [1.82, 2.24) is 9.38 Å². The Labute approximate surface area is 147 Å². The van der Waals surface area contributed by atoms with E-state index in [2.05, 4.69) is 10.3 Å². The van der Waals surface area contributed by atoms with Crippen molar-refractivity contribution in [2.24, 2.45) is 5.92 Å². The number of hydrogen-bond donors (Lipinski definition) is 1. The molecule has 0 unspecified atom stereocenters. The maximum atomic E-state index is 12.0. The summed E-state index contributed by atoms with van der Waals surface area (Å²) in [7, 11) is 0. The second-order valence-electron chi connectivity index (χ2n) is 5.57. The van der Waals surface area contributed by atoms with Crippen molar-refractivity contribution >= 4 is 39.7 Å². The molecule has 1 amide bonds. The zero-order valence-electron chi connectivity index (χ0n) is 13.4. The van der Waals surface area contributed by atoms with Crippen molar-refractivity contribution < 1.29 is 4.79 Å². The van der Waals surface area contributed by atoms with Crippen LogP contribution in [0.5, 0.6) is 0 Å². The highest BCUT2D eigenvalue weighted by Crippen LogP contribution is 2.29. The number of anilines is 1. The van der Waals surface area contributed by atoms with Gasteiger partial charge >= 0.3 is 0 Å². The maximum absolute atomic E-state index is 12.0. The molecule has 0 saturated heterocycles. The van der Waals surface area contributed by atoms with Crippen LogP contribution in [0.25, 0.3) is 4.96 Å². The van der Waals surface area contributed by atoms with Crippen LogP contribution in [0.15, 0.2) is 51.6 Å². The van der Waals surface area contributed by atoms with Gasteiger partial charge in [0.25, 0.3) is 5.56 Å². The number of nitrogens with zero attached hydrogens (tertiary/aromatic N) is 2. The van der Waals surface area contributed by atoms with Gasteiger partial charge in [-0.1, -0.05) is 26.0 Å². The average Bonchev–Trinajstić information content (AvgIpc) is 3.03. The Kier molecular flexibility index (Phi) is 5.01. The summed E-state index contributed by atoms with van der Waals surface area (Å²) in [5.41, 5.74) is 1.45. The van der Waals surface area contributed by atoms with Gasteiger partial charge in [0.1, 0.15) is 0 Å². The van der Waals surface area contributed by atoms with Crippen molar-refractivity contribution in [1.29, 1.82) is 0 Å². The number of thiazole rings is 1. The summed E-state index contributed by atoms with van der Waals surface area (Å²) in [6.07, 6.45) is 1.73. The molecule has 2 heterocycles. The molecule has 1 aromatic carbocycles. The standard InChI is InChI=1S/C17H17N3O2S2/c1-11(2)16(22)19-13-5-3-4-6-14(13)24-10-12-9-15(21)20-7-8-23-17(20)18-12/h3-9,11H,10H2,1-2H3,(H,19,22). The summed E-state index contributed by atoms with van der Waals surface area (Å²) >= 11 is 2.99. The molecule has 0 bridgehead atoms. The van der Waals surface area contributed by atoms with Crippen LogP contribution in [0.3, 0.4) is 0 Å². The first-order chi connectivity index (χ1) is 11.5. The zero-order valence-corrected chi connectivity index (χ0v) is 15.0. The van der Waals surface area contributed by atoms with Crippen LogP contribution >= 0.6 is 23.1 Å². The molecule has 7 heteroatoms. The first-order valence-corrected chi connectivity index (χ1v) is 9.39. The predicted octanol–water partition coefficient (Wildman–Crippen LogP) is 3.64. The molecular weight excluding hydrogens is 342 g/mol. The number of aromatic nitrogens is 2. The van der Waals surface area contributed by atoms with E-state index in [0.29, 0.717) is 10.7 Å². The van der Waals surface area contributed by atoms with Gasteiger partial charge in [-0.2, -0.15) is 0 Å². The van der Waals surface area contributed by atoms with E-state index in [-0.39, 0.29) is 17.4 Å². The van der Waals surface area contributed by atoms with E-state index in [1.165, 1.54) is 15.7 Å². The van der Waals surface area contributed by atoms with E-state index in [0.717, 1.165) is 16.3 Å². The molecule has 0 aliphatic rings. The third-order valence-electron chi connectivity index (χ3n) is 3.40. The zero-order chi connectivity index (χ0) is 17.1. The minimum atomic E-state index is -0.0778. The number of para-hydroxylation sites is 1. The molecule has 2 aromatic heterocycles. The summed E-state index contributed by atoms with van der Waals surface area (Å²) in [5.74, 6) is 0.475. The molecule has 24 heavy (non-hydrogen) atoms. The van der Waals surface area contributed by atoms with E-state index in [1.807, 2.05) is 43.5 Å². The van der Waals surface area contributed by atoms with Gasteiger partial charge in [0.15, 0.2) is 4.96 Å². The Morgan fingerprint density at radius 3 is 2.96 bits per heavy atom. The Hall–Kier alpha value is -2.12. The number of thioether (sulfide) groups is 1. The summed E-state index contributed by atoms with van der Waals surface area (Å²) in [6.45, 7) is 3.72. The number of carbonyl (C=O) groups excluding carboxylic acids is 1. The van der Waals surface area contributed by atoms with E-state index in [4.69, 9.17) is 0 Å². The van der Waals surface area contributed by atoms with Gasteiger partial charge in [0, 0.05) is 34.2 Å². The van der Waals surface area contributed by atoms with E-state index in [1.54, 1.807) is 24.0 Å². The molecule has 0 spiro atoms. The lowest BCUT2D eigenvalue weighted by molar-refractivity contribution is -0.118. The molecule has 1 N–H and O–H groups in total. The second-order valence-corrected chi connectivity index (χ2v) is 7.46. The molecule has 3 rings (SSSR count). The minimum absolute atomic E-state index is 0.0144. The Morgan fingerprint density at radius 1 is 1.38 bits per heavy atom. The molecule has 0 atom stereocenters. The number of fused-ring (bicyclic) bond motifs is 1. The summed E-state index contributed by atoms with van der Waals surface area (Å²) in [4.78, 5) is 30.1. The lowest BCUT2D eigenvalue weighted by atomic mass is 10.2. The number of carbonyl (C=O) groups is 1. The average molecular weight is 359 g/mol. The first-order valence-electron chi connectivity index (χ1n) is 7.53. The monoisotopic (exact) mass is 359 g/mol.